The van der Waals surface area contributed by atoms with E-state index in [1.165, 1.54) is 0 Å². The second kappa shape index (κ2) is 5.99. The van der Waals surface area contributed by atoms with Crippen LogP contribution in [0, 0.1) is 0 Å². The van der Waals surface area contributed by atoms with E-state index in [0.717, 1.165) is 48.3 Å². The summed E-state index contributed by atoms with van der Waals surface area (Å²) in [6.07, 6.45) is 3.96. The molecule has 5 heteroatoms. The van der Waals surface area contributed by atoms with E-state index in [4.69, 9.17) is 4.74 Å². The number of amides is 1. The van der Waals surface area contributed by atoms with Gasteiger partial charge in [0.1, 0.15) is 11.6 Å². The van der Waals surface area contributed by atoms with Crippen molar-refractivity contribution in [2.45, 2.75) is 12.8 Å². The highest BCUT2D eigenvalue weighted by atomic mass is 16.5. The van der Waals surface area contributed by atoms with Crippen molar-refractivity contribution >= 4 is 22.5 Å². The Labute approximate surface area is 123 Å². The number of rotatable bonds is 4. The number of pyridine rings is 1. The van der Waals surface area contributed by atoms with Crippen molar-refractivity contribution in [2.75, 3.05) is 32.1 Å². The van der Waals surface area contributed by atoms with Crippen molar-refractivity contribution in [3.63, 3.8) is 0 Å². The highest BCUT2D eigenvalue weighted by Crippen LogP contribution is 2.25. The molecular formula is C16H19N3O2. The molecular weight excluding hydrogens is 266 g/mol. The molecule has 1 aliphatic heterocycles. The molecule has 0 spiro atoms. The average Bonchev–Trinajstić information content (AvgIpc) is 3.06. The lowest BCUT2D eigenvalue weighted by Crippen LogP contribution is -2.33. The molecule has 1 aromatic carbocycles. The Balaban J connectivity index is 1.78. The van der Waals surface area contributed by atoms with Crippen LogP contribution < -0.4 is 10.1 Å². The largest absolute Gasteiger partial charge is 0.497 e. The summed E-state index contributed by atoms with van der Waals surface area (Å²) < 4.78 is 5.25. The number of hydrogen-bond donors (Lipinski definition) is 1. The molecule has 0 atom stereocenters. The van der Waals surface area contributed by atoms with Gasteiger partial charge in [-0.15, -0.1) is 0 Å². The molecule has 1 amide bonds. The van der Waals surface area contributed by atoms with Crippen LogP contribution in [0.15, 0.2) is 30.5 Å². The van der Waals surface area contributed by atoms with Gasteiger partial charge in [-0.25, -0.2) is 4.98 Å². The van der Waals surface area contributed by atoms with Gasteiger partial charge < -0.3 is 15.0 Å². The van der Waals surface area contributed by atoms with Crippen LogP contribution >= 0.6 is 0 Å². The van der Waals surface area contributed by atoms with Crippen LogP contribution in [0.1, 0.15) is 12.8 Å². The van der Waals surface area contributed by atoms with Crippen LogP contribution in [0.5, 0.6) is 5.75 Å². The van der Waals surface area contributed by atoms with E-state index in [1.807, 2.05) is 29.2 Å². The number of methoxy groups -OCH3 is 1. The maximum Gasteiger partial charge on any atom is 0.241 e. The SMILES string of the molecule is COc1ccc2ccnc(NCC(=O)N3CCCC3)c2c1. The standard InChI is InChI=1S/C16H19N3O2/c1-21-13-5-4-12-6-7-17-16(14(12)10-13)18-11-15(20)19-8-2-3-9-19/h4-7,10H,2-3,8-9,11H2,1H3,(H,17,18). The molecule has 1 aliphatic rings. The first-order valence-corrected chi connectivity index (χ1v) is 7.22. The number of ether oxygens (including phenoxy) is 1. The quantitative estimate of drug-likeness (QED) is 0.936. The lowest BCUT2D eigenvalue weighted by Gasteiger charge is -2.16. The number of fused-ring (bicyclic) bond motifs is 1. The monoisotopic (exact) mass is 285 g/mol. The molecule has 3 rings (SSSR count). The maximum atomic E-state index is 12.1. The van der Waals surface area contributed by atoms with Crippen LogP contribution in [0.25, 0.3) is 10.8 Å². The van der Waals surface area contributed by atoms with E-state index in [0.29, 0.717) is 0 Å². The molecule has 0 radical (unpaired) electrons. The fraction of sp³-hybridized carbons (Fsp3) is 0.375. The van der Waals surface area contributed by atoms with E-state index < -0.39 is 0 Å². The fourth-order valence-electron chi connectivity index (χ4n) is 2.65. The number of carbonyl (C=O) groups excluding carboxylic acids is 1. The molecule has 0 unspecified atom stereocenters. The van der Waals surface area contributed by atoms with Crippen LogP contribution in [-0.4, -0.2) is 42.5 Å². The second-order valence-electron chi connectivity index (χ2n) is 5.19. The first kappa shape index (κ1) is 13.7. The highest BCUT2D eigenvalue weighted by Gasteiger charge is 2.17. The Bertz CT molecular complexity index is 651. The fourth-order valence-corrected chi connectivity index (χ4v) is 2.65. The molecule has 21 heavy (non-hydrogen) atoms. The van der Waals surface area contributed by atoms with Crippen molar-refractivity contribution in [1.29, 1.82) is 0 Å². The molecule has 0 saturated carbocycles. The average molecular weight is 285 g/mol. The number of hydrogen-bond acceptors (Lipinski definition) is 4. The van der Waals surface area contributed by atoms with Gasteiger partial charge in [-0.2, -0.15) is 0 Å². The number of anilines is 1. The second-order valence-corrected chi connectivity index (χ2v) is 5.19. The predicted octanol–water partition coefficient (Wildman–Crippen LogP) is 2.28. The molecule has 1 saturated heterocycles. The summed E-state index contributed by atoms with van der Waals surface area (Å²) in [6, 6.07) is 7.79. The van der Waals surface area contributed by atoms with E-state index in [9.17, 15) is 4.79 Å². The van der Waals surface area contributed by atoms with E-state index in [-0.39, 0.29) is 12.5 Å². The van der Waals surface area contributed by atoms with Gasteiger partial charge >= 0.3 is 0 Å². The van der Waals surface area contributed by atoms with Crippen LogP contribution in [0.2, 0.25) is 0 Å². The molecule has 1 N–H and O–H groups in total. The summed E-state index contributed by atoms with van der Waals surface area (Å²) in [7, 11) is 1.64. The third kappa shape index (κ3) is 2.91. The molecule has 2 heterocycles. The van der Waals surface area contributed by atoms with Gasteiger partial charge in [0.25, 0.3) is 0 Å². The first-order chi connectivity index (χ1) is 10.3. The number of aromatic nitrogens is 1. The van der Waals surface area contributed by atoms with Crippen LogP contribution in [0.4, 0.5) is 5.82 Å². The number of nitrogens with one attached hydrogen (secondary N) is 1. The summed E-state index contributed by atoms with van der Waals surface area (Å²) in [5, 5.41) is 5.19. The number of benzene rings is 1. The van der Waals surface area contributed by atoms with Gasteiger partial charge in [0.05, 0.1) is 13.7 Å². The van der Waals surface area contributed by atoms with E-state index >= 15 is 0 Å². The smallest absolute Gasteiger partial charge is 0.241 e. The minimum atomic E-state index is 0.134. The van der Waals surface area contributed by atoms with Crippen molar-refractivity contribution in [3.05, 3.63) is 30.5 Å². The number of carbonyl (C=O) groups is 1. The topological polar surface area (TPSA) is 54.5 Å². The molecule has 0 aliphatic carbocycles. The summed E-state index contributed by atoms with van der Waals surface area (Å²) in [5.41, 5.74) is 0. The third-order valence-electron chi connectivity index (χ3n) is 3.84. The zero-order valence-electron chi connectivity index (χ0n) is 12.1. The minimum Gasteiger partial charge on any atom is -0.497 e. The Morgan fingerprint density at radius 3 is 2.90 bits per heavy atom. The van der Waals surface area contributed by atoms with Crippen molar-refractivity contribution in [3.8, 4) is 5.75 Å². The van der Waals surface area contributed by atoms with Gasteiger partial charge in [0.2, 0.25) is 5.91 Å². The summed E-state index contributed by atoms with van der Waals surface area (Å²) in [4.78, 5) is 18.3. The zero-order valence-corrected chi connectivity index (χ0v) is 12.1. The van der Waals surface area contributed by atoms with Crippen molar-refractivity contribution in [2.24, 2.45) is 0 Å². The van der Waals surface area contributed by atoms with Gasteiger partial charge in [-0.3, -0.25) is 4.79 Å². The van der Waals surface area contributed by atoms with Gasteiger partial charge in [-0.1, -0.05) is 6.07 Å². The van der Waals surface area contributed by atoms with Crippen molar-refractivity contribution < 1.29 is 9.53 Å². The van der Waals surface area contributed by atoms with E-state index in [2.05, 4.69) is 10.3 Å². The van der Waals surface area contributed by atoms with Crippen molar-refractivity contribution in [1.82, 2.24) is 9.88 Å². The summed E-state index contributed by atoms with van der Waals surface area (Å²) in [5.74, 6) is 1.64. The Hall–Kier alpha value is -2.30. The molecule has 1 aromatic heterocycles. The summed E-state index contributed by atoms with van der Waals surface area (Å²) in [6.45, 7) is 2.03. The van der Waals surface area contributed by atoms with Gasteiger partial charge in [0, 0.05) is 24.7 Å². The Morgan fingerprint density at radius 1 is 1.33 bits per heavy atom. The molecule has 110 valence electrons. The van der Waals surface area contributed by atoms with Crippen LogP contribution in [-0.2, 0) is 4.79 Å². The zero-order chi connectivity index (χ0) is 14.7. The number of likely N-dealkylation sites (tertiary alicyclic amines) is 1. The van der Waals surface area contributed by atoms with Gasteiger partial charge in [0.15, 0.2) is 0 Å². The Kier molecular flexibility index (Phi) is 3.90. The molecule has 5 nitrogen and oxygen atoms in total. The predicted molar refractivity (Wildman–Crippen MR) is 82.6 cm³/mol. The summed E-state index contributed by atoms with van der Waals surface area (Å²) >= 11 is 0. The Morgan fingerprint density at radius 2 is 2.14 bits per heavy atom. The third-order valence-corrected chi connectivity index (χ3v) is 3.84. The van der Waals surface area contributed by atoms with Crippen LogP contribution in [0.3, 0.4) is 0 Å². The minimum absolute atomic E-state index is 0.134. The highest BCUT2D eigenvalue weighted by molar-refractivity contribution is 5.94. The lowest BCUT2D eigenvalue weighted by molar-refractivity contribution is -0.128. The first-order valence-electron chi connectivity index (χ1n) is 7.22. The number of nitrogens with zero attached hydrogens (tertiary/aromatic N) is 2. The molecule has 0 bridgehead atoms. The maximum absolute atomic E-state index is 12.1. The lowest BCUT2D eigenvalue weighted by atomic mass is 10.1. The molecule has 2 aromatic rings. The van der Waals surface area contributed by atoms with Gasteiger partial charge in [-0.05, 0) is 36.4 Å². The molecule has 1 fully saturated rings. The van der Waals surface area contributed by atoms with E-state index in [1.54, 1.807) is 13.3 Å². The normalized spacial score (nSPS) is 14.4.